The van der Waals surface area contributed by atoms with E-state index in [9.17, 15) is 8.42 Å². The Morgan fingerprint density at radius 1 is 0.958 bits per heavy atom. The van der Waals surface area contributed by atoms with Crippen molar-refractivity contribution in [3.63, 3.8) is 0 Å². The molecule has 0 atom stereocenters. The first-order valence-electron chi connectivity index (χ1n) is 7.61. The molecule has 24 heavy (non-hydrogen) atoms. The predicted molar refractivity (Wildman–Crippen MR) is 93.2 cm³/mol. The molecular weight excluding hydrogens is 348 g/mol. The van der Waals surface area contributed by atoms with Gasteiger partial charge < -0.3 is 9.80 Å². The van der Waals surface area contributed by atoms with E-state index in [4.69, 9.17) is 11.6 Å². The van der Waals surface area contributed by atoms with E-state index in [1.54, 1.807) is 30.5 Å². The van der Waals surface area contributed by atoms with Gasteiger partial charge in [0.2, 0.25) is 0 Å². The molecule has 2 aromatic rings. The third-order valence-corrected chi connectivity index (χ3v) is 5.85. The fraction of sp³-hybridized carbons (Fsp3) is 0.250. The number of benzene rings is 1. The summed E-state index contributed by atoms with van der Waals surface area (Å²) in [6.45, 7) is 2.74. The zero-order chi connectivity index (χ0) is 16.7. The molecule has 1 fully saturated rings. The van der Waals surface area contributed by atoms with Crippen LogP contribution >= 0.6 is 11.6 Å². The van der Waals surface area contributed by atoms with Gasteiger partial charge in [-0.25, -0.2) is 4.98 Å². The monoisotopic (exact) mass is 362 g/mol. The summed E-state index contributed by atoms with van der Waals surface area (Å²) in [6.07, 6.45) is 1.72. The molecule has 0 bridgehead atoms. The van der Waals surface area contributed by atoms with Gasteiger partial charge in [-0.3, -0.25) is 0 Å². The lowest BCUT2D eigenvalue weighted by atomic mass is 10.1. The molecule has 6 nitrogen and oxygen atoms in total. The van der Waals surface area contributed by atoms with Crippen LogP contribution in [-0.4, -0.2) is 50.3 Å². The van der Waals surface area contributed by atoms with Crippen LogP contribution in [0.3, 0.4) is 0 Å². The molecule has 4 rings (SSSR count). The Balaban J connectivity index is 1.56. The van der Waals surface area contributed by atoms with Gasteiger partial charge in [-0.2, -0.15) is 8.42 Å². The van der Waals surface area contributed by atoms with Crippen molar-refractivity contribution in [1.82, 2.24) is 9.88 Å². The number of nitrogens with zero attached hydrogens (tertiary/aromatic N) is 4. The average molecular weight is 363 g/mol. The molecule has 1 saturated heterocycles. The van der Waals surface area contributed by atoms with E-state index in [-0.39, 0.29) is 4.90 Å². The van der Waals surface area contributed by atoms with Gasteiger partial charge in [-0.1, -0.05) is 23.7 Å². The molecule has 124 valence electrons. The van der Waals surface area contributed by atoms with E-state index < -0.39 is 10.0 Å². The number of halogens is 1. The van der Waals surface area contributed by atoms with E-state index >= 15 is 0 Å². The molecule has 2 aliphatic heterocycles. The van der Waals surface area contributed by atoms with Crippen LogP contribution < -0.4 is 4.90 Å². The van der Waals surface area contributed by atoms with E-state index in [1.807, 2.05) is 17.0 Å². The molecule has 3 heterocycles. The van der Waals surface area contributed by atoms with Crippen molar-refractivity contribution in [3.8, 4) is 0 Å². The third kappa shape index (κ3) is 2.53. The summed E-state index contributed by atoms with van der Waals surface area (Å²) < 4.78 is 28.4. The van der Waals surface area contributed by atoms with E-state index in [0.29, 0.717) is 42.6 Å². The van der Waals surface area contributed by atoms with Crippen LogP contribution in [0.4, 0.5) is 5.82 Å². The molecule has 1 aromatic heterocycles. The SMILES string of the molecule is O=S1(=O)N=C(N2CCN(c3ncccc3Cl)CC2)c2ccccc21. The molecule has 0 N–H and O–H groups in total. The fourth-order valence-corrected chi connectivity index (χ4v) is 4.53. The van der Waals surface area contributed by atoms with Gasteiger partial charge in [0.25, 0.3) is 10.0 Å². The minimum Gasteiger partial charge on any atom is -0.352 e. The summed E-state index contributed by atoms with van der Waals surface area (Å²) in [4.78, 5) is 8.74. The van der Waals surface area contributed by atoms with Crippen LogP contribution in [0.2, 0.25) is 5.02 Å². The molecule has 0 radical (unpaired) electrons. The van der Waals surface area contributed by atoms with Gasteiger partial charge in [-0.05, 0) is 24.3 Å². The lowest BCUT2D eigenvalue weighted by molar-refractivity contribution is 0.386. The number of hydrogen-bond acceptors (Lipinski definition) is 5. The number of anilines is 1. The van der Waals surface area contributed by atoms with Crippen molar-refractivity contribution >= 4 is 33.3 Å². The highest BCUT2D eigenvalue weighted by atomic mass is 35.5. The van der Waals surface area contributed by atoms with Gasteiger partial charge in [0.15, 0.2) is 5.84 Å². The summed E-state index contributed by atoms with van der Waals surface area (Å²) in [7, 11) is -3.58. The lowest BCUT2D eigenvalue weighted by Crippen LogP contribution is -2.49. The Morgan fingerprint density at radius 3 is 2.42 bits per heavy atom. The molecule has 0 saturated carbocycles. The number of pyridine rings is 1. The second-order valence-corrected chi connectivity index (χ2v) is 7.65. The summed E-state index contributed by atoms with van der Waals surface area (Å²) in [6, 6.07) is 10.6. The highest BCUT2D eigenvalue weighted by molar-refractivity contribution is 7.90. The van der Waals surface area contributed by atoms with Crippen molar-refractivity contribution < 1.29 is 8.42 Å². The summed E-state index contributed by atoms with van der Waals surface area (Å²) in [5.74, 6) is 1.30. The average Bonchev–Trinajstić information content (AvgIpc) is 2.88. The third-order valence-electron chi connectivity index (χ3n) is 4.23. The Labute approximate surface area is 145 Å². The first-order valence-corrected chi connectivity index (χ1v) is 9.43. The maximum Gasteiger partial charge on any atom is 0.285 e. The van der Waals surface area contributed by atoms with Crippen molar-refractivity contribution in [2.75, 3.05) is 31.1 Å². The minimum absolute atomic E-state index is 0.287. The Hall–Kier alpha value is -2.12. The van der Waals surface area contributed by atoms with Crippen LogP contribution in [0.25, 0.3) is 0 Å². The smallest absolute Gasteiger partial charge is 0.285 e. The maximum atomic E-state index is 12.2. The van der Waals surface area contributed by atoms with E-state index in [0.717, 1.165) is 5.82 Å². The molecule has 8 heteroatoms. The largest absolute Gasteiger partial charge is 0.352 e. The topological polar surface area (TPSA) is 65.9 Å². The van der Waals surface area contributed by atoms with Crippen LogP contribution in [0.15, 0.2) is 51.9 Å². The summed E-state index contributed by atoms with van der Waals surface area (Å²) >= 11 is 6.20. The number of rotatable bonds is 1. The standard InChI is InChI=1S/C16H15ClN4O2S/c17-13-5-3-7-18-16(13)21-10-8-20(9-11-21)15-12-4-1-2-6-14(12)24(22,23)19-15/h1-7H,8-11H2. The Kier molecular flexibility index (Phi) is 3.69. The number of hydrogen-bond donors (Lipinski definition) is 0. The zero-order valence-corrected chi connectivity index (χ0v) is 14.3. The molecule has 0 aliphatic carbocycles. The van der Waals surface area contributed by atoms with Crippen molar-refractivity contribution in [2.24, 2.45) is 4.40 Å². The second-order valence-electron chi connectivity index (χ2n) is 5.67. The van der Waals surface area contributed by atoms with E-state index in [1.165, 1.54) is 0 Å². The quantitative estimate of drug-likeness (QED) is 0.776. The first kappa shape index (κ1) is 15.4. The summed E-state index contributed by atoms with van der Waals surface area (Å²) in [5, 5.41) is 0.622. The van der Waals surface area contributed by atoms with Crippen molar-refractivity contribution in [3.05, 3.63) is 53.2 Å². The maximum absolute atomic E-state index is 12.2. The van der Waals surface area contributed by atoms with Gasteiger partial charge in [0.1, 0.15) is 10.7 Å². The molecule has 2 aliphatic rings. The molecule has 0 unspecified atom stereocenters. The molecule has 1 aromatic carbocycles. The van der Waals surface area contributed by atoms with Gasteiger partial charge in [0, 0.05) is 37.9 Å². The van der Waals surface area contributed by atoms with Crippen LogP contribution in [-0.2, 0) is 10.0 Å². The number of amidine groups is 1. The van der Waals surface area contributed by atoms with Gasteiger partial charge >= 0.3 is 0 Å². The van der Waals surface area contributed by atoms with Crippen molar-refractivity contribution in [2.45, 2.75) is 4.90 Å². The first-order chi connectivity index (χ1) is 11.6. The number of sulfonamides is 1. The van der Waals surface area contributed by atoms with Crippen LogP contribution in [0, 0.1) is 0 Å². The lowest BCUT2D eigenvalue weighted by Gasteiger charge is -2.36. The Morgan fingerprint density at radius 2 is 1.67 bits per heavy atom. The van der Waals surface area contributed by atoms with Crippen LogP contribution in [0.1, 0.15) is 5.56 Å². The number of aromatic nitrogens is 1. The van der Waals surface area contributed by atoms with E-state index in [2.05, 4.69) is 14.3 Å². The normalized spacial score (nSPS) is 19.1. The minimum atomic E-state index is -3.58. The van der Waals surface area contributed by atoms with Gasteiger partial charge in [0.05, 0.1) is 5.02 Å². The summed E-state index contributed by atoms with van der Waals surface area (Å²) in [5.41, 5.74) is 0.682. The van der Waals surface area contributed by atoms with Crippen LogP contribution in [0.5, 0.6) is 0 Å². The zero-order valence-electron chi connectivity index (χ0n) is 12.8. The molecular formula is C16H15ClN4O2S. The predicted octanol–water partition coefficient (Wildman–Crippen LogP) is 2.01. The highest BCUT2D eigenvalue weighted by Gasteiger charge is 2.33. The molecule has 0 spiro atoms. The second kappa shape index (κ2) is 5.75. The fourth-order valence-electron chi connectivity index (χ4n) is 3.06. The van der Waals surface area contributed by atoms with Crippen molar-refractivity contribution in [1.29, 1.82) is 0 Å². The highest BCUT2D eigenvalue weighted by Crippen LogP contribution is 2.29. The van der Waals surface area contributed by atoms with Gasteiger partial charge in [-0.15, -0.1) is 4.40 Å². The Bertz CT molecular complexity index is 921. The molecule has 0 amide bonds. The number of fused-ring (bicyclic) bond motifs is 1. The number of piperazine rings is 1.